The summed E-state index contributed by atoms with van der Waals surface area (Å²) in [4.78, 5) is 8.59. The van der Waals surface area contributed by atoms with Crippen molar-refractivity contribution in [2.45, 2.75) is 38.8 Å². The zero-order valence-corrected chi connectivity index (χ0v) is 10.6. The van der Waals surface area contributed by atoms with Gasteiger partial charge in [-0.05, 0) is 26.7 Å². The molecule has 17 heavy (non-hydrogen) atoms. The second-order valence-corrected chi connectivity index (χ2v) is 4.27. The molecule has 5 nitrogen and oxygen atoms in total. The maximum absolute atomic E-state index is 5.51. The molecule has 0 amide bonds. The molecule has 1 heterocycles. The number of nitrogens with zero attached hydrogens (tertiary/aromatic N) is 2. The van der Waals surface area contributed by atoms with E-state index in [0.717, 1.165) is 25.1 Å². The summed E-state index contributed by atoms with van der Waals surface area (Å²) < 4.78 is 10.6. The Morgan fingerprint density at radius 3 is 2.82 bits per heavy atom. The first kappa shape index (κ1) is 12.1. The van der Waals surface area contributed by atoms with E-state index in [1.807, 2.05) is 19.9 Å². The number of methoxy groups -OCH3 is 1. The minimum atomic E-state index is 0.393. The first-order chi connectivity index (χ1) is 8.21. The van der Waals surface area contributed by atoms with Gasteiger partial charge in [0, 0.05) is 24.4 Å². The van der Waals surface area contributed by atoms with Gasteiger partial charge in [-0.15, -0.1) is 0 Å². The molecule has 1 aliphatic rings. The average molecular weight is 237 g/mol. The van der Waals surface area contributed by atoms with E-state index in [4.69, 9.17) is 9.47 Å². The number of hydrogen-bond acceptors (Lipinski definition) is 5. The standard InChI is InChI=1S/C12H19N3O2/c1-4-17-10-6-9(7-10)14-12-13-8(2)5-11(15-12)16-3/h5,9-10H,4,6-7H2,1-3H3,(H,13,14,15). The molecule has 1 aromatic rings. The van der Waals surface area contributed by atoms with Gasteiger partial charge in [0.25, 0.3) is 0 Å². The Hall–Kier alpha value is -1.36. The van der Waals surface area contributed by atoms with Gasteiger partial charge in [0.2, 0.25) is 11.8 Å². The van der Waals surface area contributed by atoms with Crippen molar-refractivity contribution in [2.24, 2.45) is 0 Å². The minimum Gasteiger partial charge on any atom is -0.481 e. The maximum Gasteiger partial charge on any atom is 0.226 e. The zero-order chi connectivity index (χ0) is 12.3. The number of ether oxygens (including phenoxy) is 2. The third-order valence-corrected chi connectivity index (χ3v) is 2.87. The van der Waals surface area contributed by atoms with E-state index in [2.05, 4.69) is 15.3 Å². The largest absolute Gasteiger partial charge is 0.481 e. The van der Waals surface area contributed by atoms with Crippen molar-refractivity contribution < 1.29 is 9.47 Å². The normalized spacial score (nSPS) is 23.0. The van der Waals surface area contributed by atoms with Gasteiger partial charge < -0.3 is 14.8 Å². The van der Waals surface area contributed by atoms with Crippen LogP contribution in [0.15, 0.2) is 6.07 Å². The molecule has 0 bridgehead atoms. The molecule has 0 aromatic carbocycles. The van der Waals surface area contributed by atoms with Crippen LogP contribution >= 0.6 is 0 Å². The van der Waals surface area contributed by atoms with E-state index >= 15 is 0 Å². The lowest BCUT2D eigenvalue weighted by Gasteiger charge is -2.35. The molecule has 2 rings (SSSR count). The molecule has 0 radical (unpaired) electrons. The van der Waals surface area contributed by atoms with Gasteiger partial charge in [-0.3, -0.25) is 0 Å². The lowest BCUT2D eigenvalue weighted by atomic mass is 9.89. The first-order valence-corrected chi connectivity index (χ1v) is 5.99. The lowest BCUT2D eigenvalue weighted by Crippen LogP contribution is -2.41. The minimum absolute atomic E-state index is 0.393. The van der Waals surface area contributed by atoms with Gasteiger partial charge >= 0.3 is 0 Å². The fraction of sp³-hybridized carbons (Fsp3) is 0.667. The highest BCUT2D eigenvalue weighted by molar-refractivity contribution is 5.32. The Morgan fingerprint density at radius 1 is 1.41 bits per heavy atom. The highest BCUT2D eigenvalue weighted by Gasteiger charge is 2.30. The number of rotatable bonds is 5. The van der Waals surface area contributed by atoms with Gasteiger partial charge in [-0.25, -0.2) is 4.98 Å². The van der Waals surface area contributed by atoms with Crippen LogP contribution in [0.2, 0.25) is 0 Å². The van der Waals surface area contributed by atoms with Crippen LogP contribution in [0.1, 0.15) is 25.5 Å². The Morgan fingerprint density at radius 2 is 2.18 bits per heavy atom. The van der Waals surface area contributed by atoms with E-state index in [1.165, 1.54) is 0 Å². The highest BCUT2D eigenvalue weighted by atomic mass is 16.5. The van der Waals surface area contributed by atoms with Crippen molar-refractivity contribution in [1.82, 2.24) is 9.97 Å². The fourth-order valence-corrected chi connectivity index (χ4v) is 1.95. The summed E-state index contributed by atoms with van der Waals surface area (Å²) in [6.07, 6.45) is 2.44. The van der Waals surface area contributed by atoms with Crippen molar-refractivity contribution in [3.05, 3.63) is 11.8 Å². The van der Waals surface area contributed by atoms with E-state index in [1.54, 1.807) is 7.11 Å². The second-order valence-electron chi connectivity index (χ2n) is 4.27. The molecule has 1 aliphatic carbocycles. The third kappa shape index (κ3) is 3.06. The van der Waals surface area contributed by atoms with Gasteiger partial charge in [-0.1, -0.05) is 0 Å². The summed E-state index contributed by atoms with van der Waals surface area (Å²) in [6.45, 7) is 4.74. The quantitative estimate of drug-likeness (QED) is 0.845. The van der Waals surface area contributed by atoms with Crippen LogP contribution in [0.3, 0.4) is 0 Å². The van der Waals surface area contributed by atoms with Crippen LogP contribution < -0.4 is 10.1 Å². The third-order valence-electron chi connectivity index (χ3n) is 2.87. The van der Waals surface area contributed by atoms with Gasteiger partial charge in [-0.2, -0.15) is 4.98 Å². The first-order valence-electron chi connectivity index (χ1n) is 5.99. The molecule has 0 aliphatic heterocycles. The van der Waals surface area contributed by atoms with E-state index < -0.39 is 0 Å². The summed E-state index contributed by atoms with van der Waals surface area (Å²) >= 11 is 0. The molecule has 0 spiro atoms. The van der Waals surface area contributed by atoms with Gasteiger partial charge in [0.15, 0.2) is 0 Å². The number of hydrogen-bond donors (Lipinski definition) is 1. The van der Waals surface area contributed by atoms with Crippen molar-refractivity contribution in [3.63, 3.8) is 0 Å². The van der Waals surface area contributed by atoms with Crippen LogP contribution in [0.5, 0.6) is 5.88 Å². The monoisotopic (exact) mass is 237 g/mol. The Bertz CT molecular complexity index is 378. The molecule has 0 unspecified atom stereocenters. The smallest absolute Gasteiger partial charge is 0.226 e. The number of aryl methyl sites for hydroxylation is 1. The topological polar surface area (TPSA) is 56.3 Å². The van der Waals surface area contributed by atoms with Crippen LogP contribution in [0.4, 0.5) is 5.95 Å². The van der Waals surface area contributed by atoms with Crippen molar-refractivity contribution in [3.8, 4) is 5.88 Å². The molecule has 1 N–H and O–H groups in total. The lowest BCUT2D eigenvalue weighted by molar-refractivity contribution is 0.00284. The molecular weight excluding hydrogens is 218 g/mol. The number of nitrogens with one attached hydrogen (secondary N) is 1. The Balaban J connectivity index is 1.89. The molecule has 0 atom stereocenters. The number of anilines is 1. The van der Waals surface area contributed by atoms with E-state index in [0.29, 0.717) is 24.0 Å². The molecule has 1 saturated carbocycles. The van der Waals surface area contributed by atoms with Crippen LogP contribution in [-0.2, 0) is 4.74 Å². The van der Waals surface area contributed by atoms with E-state index in [9.17, 15) is 0 Å². The maximum atomic E-state index is 5.51. The predicted octanol–water partition coefficient (Wildman–Crippen LogP) is 1.77. The molecule has 1 fully saturated rings. The van der Waals surface area contributed by atoms with Crippen LogP contribution in [-0.4, -0.2) is 35.8 Å². The second kappa shape index (κ2) is 5.31. The summed E-state index contributed by atoms with van der Waals surface area (Å²) in [5, 5.41) is 3.30. The van der Waals surface area contributed by atoms with Crippen molar-refractivity contribution in [2.75, 3.05) is 19.0 Å². The Kier molecular flexibility index (Phi) is 3.78. The summed E-state index contributed by atoms with van der Waals surface area (Å²) in [5.74, 6) is 1.24. The highest BCUT2D eigenvalue weighted by Crippen LogP contribution is 2.26. The average Bonchev–Trinajstić information content (AvgIpc) is 2.25. The van der Waals surface area contributed by atoms with Crippen molar-refractivity contribution in [1.29, 1.82) is 0 Å². The van der Waals surface area contributed by atoms with Crippen LogP contribution in [0.25, 0.3) is 0 Å². The van der Waals surface area contributed by atoms with Crippen molar-refractivity contribution >= 4 is 5.95 Å². The van der Waals surface area contributed by atoms with Gasteiger partial charge in [0.1, 0.15) is 0 Å². The summed E-state index contributed by atoms with van der Waals surface area (Å²) in [6, 6.07) is 2.23. The predicted molar refractivity (Wildman–Crippen MR) is 65.4 cm³/mol. The number of aromatic nitrogens is 2. The SMILES string of the molecule is CCOC1CC(Nc2nc(C)cc(OC)n2)C1. The summed E-state index contributed by atoms with van der Waals surface area (Å²) in [5.41, 5.74) is 0.903. The van der Waals surface area contributed by atoms with Crippen LogP contribution in [0, 0.1) is 6.92 Å². The Labute approximate surface area is 102 Å². The molecule has 5 heteroatoms. The molecule has 0 saturated heterocycles. The van der Waals surface area contributed by atoms with E-state index in [-0.39, 0.29) is 0 Å². The summed E-state index contributed by atoms with van der Waals surface area (Å²) in [7, 11) is 1.61. The van der Waals surface area contributed by atoms with Gasteiger partial charge in [0.05, 0.1) is 13.2 Å². The molecular formula is C12H19N3O2. The fourth-order valence-electron chi connectivity index (χ4n) is 1.95. The zero-order valence-electron chi connectivity index (χ0n) is 10.6. The molecule has 94 valence electrons. The molecule has 1 aromatic heterocycles.